The molecule has 0 saturated heterocycles. The number of amides is 1. The summed E-state index contributed by atoms with van der Waals surface area (Å²) in [4.78, 5) is 12.3. The van der Waals surface area contributed by atoms with Crippen LogP contribution in [0.15, 0.2) is 24.4 Å². The molecule has 0 atom stereocenters. The zero-order valence-corrected chi connectivity index (χ0v) is 15.0. The lowest BCUT2D eigenvalue weighted by Crippen LogP contribution is -2.26. The minimum Gasteiger partial charge on any atom is -0.350 e. The Morgan fingerprint density at radius 2 is 2.27 bits per heavy atom. The number of rotatable bonds is 6. The normalized spacial score (nSPS) is 13.3. The van der Waals surface area contributed by atoms with Crippen molar-refractivity contribution in [2.75, 3.05) is 13.1 Å². The van der Waals surface area contributed by atoms with Gasteiger partial charge in [-0.15, -0.1) is 5.10 Å². The molecule has 3 N–H and O–H groups in total. The van der Waals surface area contributed by atoms with Crippen LogP contribution in [0.1, 0.15) is 33.7 Å². The number of carbonyl (C=O) groups is 1. The van der Waals surface area contributed by atoms with E-state index in [-0.39, 0.29) is 5.91 Å². The van der Waals surface area contributed by atoms with E-state index in [4.69, 9.17) is 5.73 Å². The van der Waals surface area contributed by atoms with Crippen LogP contribution in [0, 0.1) is 6.92 Å². The van der Waals surface area contributed by atoms with Crippen molar-refractivity contribution >= 4 is 16.8 Å². The number of hydrogen-bond donors (Lipinski definition) is 2. The molecule has 1 aliphatic rings. The molecule has 0 fully saturated rings. The Morgan fingerprint density at radius 1 is 1.38 bits per heavy atom. The molecule has 1 amide bonds. The SMILES string of the molecule is Cc1c(CCNC(=O)c2cn(CCN)nn2)c2cccc3c2n1CCC3. The van der Waals surface area contributed by atoms with Crippen LogP contribution in [0.4, 0.5) is 0 Å². The Balaban J connectivity index is 1.48. The number of carbonyl (C=O) groups excluding carboxylic acids is 1. The van der Waals surface area contributed by atoms with Crippen LogP contribution in [0.2, 0.25) is 0 Å². The lowest BCUT2D eigenvalue weighted by atomic mass is 10.0. The number of nitrogens with one attached hydrogen (secondary N) is 1. The minimum absolute atomic E-state index is 0.195. The highest BCUT2D eigenvalue weighted by Gasteiger charge is 2.19. The van der Waals surface area contributed by atoms with Crippen molar-refractivity contribution < 1.29 is 4.79 Å². The molecule has 0 radical (unpaired) electrons. The number of nitrogens with two attached hydrogens (primary N) is 1. The van der Waals surface area contributed by atoms with Crippen LogP contribution in [0.5, 0.6) is 0 Å². The standard InChI is InChI=1S/C19H24N6O/c1-13-15(16-6-2-4-14-5-3-10-25(13)18(14)16)7-9-21-19(26)17-12-24(11-8-20)23-22-17/h2,4,6,12H,3,5,7-11,20H2,1H3,(H,21,26). The quantitative estimate of drug-likeness (QED) is 0.702. The highest BCUT2D eigenvalue weighted by atomic mass is 16.2. The Kier molecular flexibility index (Phi) is 4.46. The van der Waals surface area contributed by atoms with Gasteiger partial charge in [-0.05, 0) is 37.3 Å². The molecule has 3 heterocycles. The zero-order valence-electron chi connectivity index (χ0n) is 15.0. The van der Waals surface area contributed by atoms with Crippen LogP contribution in [-0.4, -0.2) is 38.6 Å². The van der Waals surface area contributed by atoms with E-state index in [0.717, 1.165) is 19.4 Å². The molecule has 2 aromatic heterocycles. The molecule has 4 rings (SSSR count). The number of benzene rings is 1. The van der Waals surface area contributed by atoms with Crippen molar-refractivity contribution in [3.63, 3.8) is 0 Å². The number of hydrogen-bond acceptors (Lipinski definition) is 4. The van der Waals surface area contributed by atoms with Gasteiger partial charge >= 0.3 is 0 Å². The zero-order chi connectivity index (χ0) is 18.1. The topological polar surface area (TPSA) is 90.8 Å². The Morgan fingerprint density at radius 3 is 3.12 bits per heavy atom. The summed E-state index contributed by atoms with van der Waals surface area (Å²) in [5.41, 5.74) is 11.3. The van der Waals surface area contributed by atoms with Gasteiger partial charge < -0.3 is 15.6 Å². The van der Waals surface area contributed by atoms with Crippen molar-refractivity contribution in [3.8, 4) is 0 Å². The third-order valence-corrected chi connectivity index (χ3v) is 5.17. The first-order valence-electron chi connectivity index (χ1n) is 9.17. The fourth-order valence-corrected chi connectivity index (χ4v) is 3.94. The first-order valence-corrected chi connectivity index (χ1v) is 9.17. The minimum atomic E-state index is -0.195. The molecule has 1 aliphatic heterocycles. The summed E-state index contributed by atoms with van der Waals surface area (Å²) in [6.07, 6.45) is 4.78. The van der Waals surface area contributed by atoms with E-state index < -0.39 is 0 Å². The summed E-state index contributed by atoms with van der Waals surface area (Å²) < 4.78 is 4.02. The third kappa shape index (κ3) is 2.88. The van der Waals surface area contributed by atoms with Gasteiger partial charge in [0.2, 0.25) is 0 Å². The van der Waals surface area contributed by atoms with Crippen molar-refractivity contribution in [1.29, 1.82) is 0 Å². The predicted octanol–water partition coefficient (Wildman–Crippen LogP) is 1.42. The number of nitrogens with zero attached hydrogens (tertiary/aromatic N) is 4. The van der Waals surface area contributed by atoms with Crippen LogP contribution in [0.3, 0.4) is 0 Å². The summed E-state index contributed by atoms with van der Waals surface area (Å²) in [7, 11) is 0. The second kappa shape index (κ2) is 6.92. The van der Waals surface area contributed by atoms with Crippen molar-refractivity contribution in [1.82, 2.24) is 24.9 Å². The molecule has 0 spiro atoms. The van der Waals surface area contributed by atoms with Crippen LogP contribution < -0.4 is 11.1 Å². The Labute approximate surface area is 152 Å². The third-order valence-electron chi connectivity index (χ3n) is 5.17. The fourth-order valence-electron chi connectivity index (χ4n) is 3.94. The smallest absolute Gasteiger partial charge is 0.273 e. The summed E-state index contributed by atoms with van der Waals surface area (Å²) in [5.74, 6) is -0.195. The second-order valence-corrected chi connectivity index (χ2v) is 6.79. The maximum absolute atomic E-state index is 12.3. The van der Waals surface area contributed by atoms with E-state index in [1.165, 1.54) is 34.1 Å². The van der Waals surface area contributed by atoms with Crippen molar-refractivity contribution in [2.45, 2.75) is 39.3 Å². The molecular weight excluding hydrogens is 328 g/mol. The molecule has 0 aliphatic carbocycles. The lowest BCUT2D eigenvalue weighted by Gasteiger charge is -2.16. The van der Waals surface area contributed by atoms with E-state index in [2.05, 4.69) is 45.3 Å². The molecule has 1 aromatic carbocycles. The van der Waals surface area contributed by atoms with E-state index in [0.29, 0.717) is 25.3 Å². The molecule has 26 heavy (non-hydrogen) atoms. The molecule has 0 saturated carbocycles. The first-order chi connectivity index (χ1) is 12.7. The van der Waals surface area contributed by atoms with Gasteiger partial charge in [-0.2, -0.15) is 0 Å². The van der Waals surface area contributed by atoms with Gasteiger partial charge in [0, 0.05) is 30.7 Å². The summed E-state index contributed by atoms with van der Waals surface area (Å²) in [6, 6.07) is 6.57. The first kappa shape index (κ1) is 16.8. The summed E-state index contributed by atoms with van der Waals surface area (Å²) in [5, 5.41) is 12.1. The Hall–Kier alpha value is -2.67. The van der Waals surface area contributed by atoms with Crippen LogP contribution in [-0.2, 0) is 25.9 Å². The summed E-state index contributed by atoms with van der Waals surface area (Å²) >= 11 is 0. The maximum atomic E-state index is 12.3. The molecule has 7 nitrogen and oxygen atoms in total. The van der Waals surface area contributed by atoms with E-state index in [9.17, 15) is 4.79 Å². The van der Waals surface area contributed by atoms with E-state index >= 15 is 0 Å². The Bertz CT molecular complexity index is 954. The molecule has 3 aromatic rings. The highest BCUT2D eigenvalue weighted by Crippen LogP contribution is 2.32. The van der Waals surface area contributed by atoms with Gasteiger partial charge in [0.1, 0.15) is 0 Å². The average molecular weight is 352 g/mol. The van der Waals surface area contributed by atoms with Gasteiger partial charge in [0.15, 0.2) is 5.69 Å². The van der Waals surface area contributed by atoms with Gasteiger partial charge in [-0.25, -0.2) is 0 Å². The largest absolute Gasteiger partial charge is 0.350 e. The van der Waals surface area contributed by atoms with Crippen LogP contribution in [0.25, 0.3) is 10.9 Å². The van der Waals surface area contributed by atoms with Gasteiger partial charge in [-0.1, -0.05) is 23.4 Å². The number of aryl methyl sites for hydroxylation is 2. The molecular formula is C19H24N6O. The lowest BCUT2D eigenvalue weighted by molar-refractivity contribution is 0.0949. The fraction of sp³-hybridized carbons (Fsp3) is 0.421. The number of para-hydroxylation sites is 1. The predicted molar refractivity (Wildman–Crippen MR) is 100 cm³/mol. The maximum Gasteiger partial charge on any atom is 0.273 e. The molecule has 0 bridgehead atoms. The van der Waals surface area contributed by atoms with Gasteiger partial charge in [-0.3, -0.25) is 9.48 Å². The van der Waals surface area contributed by atoms with Crippen molar-refractivity contribution in [3.05, 3.63) is 46.9 Å². The monoisotopic (exact) mass is 352 g/mol. The highest BCUT2D eigenvalue weighted by molar-refractivity contribution is 5.92. The van der Waals surface area contributed by atoms with Gasteiger partial charge in [0.25, 0.3) is 5.91 Å². The molecule has 136 valence electrons. The number of aromatic nitrogens is 4. The van der Waals surface area contributed by atoms with E-state index in [1.807, 2.05) is 0 Å². The van der Waals surface area contributed by atoms with E-state index in [1.54, 1.807) is 10.9 Å². The van der Waals surface area contributed by atoms with Crippen LogP contribution >= 0.6 is 0 Å². The second-order valence-electron chi connectivity index (χ2n) is 6.79. The molecule has 0 unspecified atom stereocenters. The summed E-state index contributed by atoms with van der Waals surface area (Å²) in [6.45, 7) is 4.87. The van der Waals surface area contributed by atoms with Crippen molar-refractivity contribution in [2.24, 2.45) is 5.73 Å². The van der Waals surface area contributed by atoms with Gasteiger partial charge in [0.05, 0.1) is 18.3 Å². The molecule has 7 heteroatoms. The average Bonchev–Trinajstić information content (AvgIpc) is 3.22.